The zero-order valence-corrected chi connectivity index (χ0v) is 62.5. The summed E-state index contributed by atoms with van der Waals surface area (Å²) in [5, 5.41) is 0. The first kappa shape index (κ1) is 61.8. The van der Waals surface area contributed by atoms with Gasteiger partial charge in [0.25, 0.3) is 0 Å². The van der Waals surface area contributed by atoms with Crippen LogP contribution in [0.15, 0.2) is 109 Å². The van der Waals surface area contributed by atoms with Crippen molar-refractivity contribution in [1.82, 2.24) is 9.97 Å². The minimum Gasteiger partial charge on any atom is -0.295 e. The number of carbonyl (C=O) groups excluding carboxylic acids is 3. The largest absolute Gasteiger partial charge is 0.295 e. The van der Waals surface area contributed by atoms with Crippen LogP contribution in [0.1, 0.15) is 203 Å². The second kappa shape index (κ2) is 28.6. The molecule has 0 saturated heterocycles. The number of nitrogens with zero attached hydrogens (tertiary/aromatic N) is 2. The number of allylic oxidation sites excluding steroid dienone is 12. The van der Waals surface area contributed by atoms with Gasteiger partial charge in [0.1, 0.15) is 0 Å². The summed E-state index contributed by atoms with van der Waals surface area (Å²) in [5.41, 5.74) is 9.08. The zero-order chi connectivity index (χ0) is 65.8. The van der Waals surface area contributed by atoms with E-state index in [1.165, 1.54) is 104 Å². The number of fused-ring (bicyclic) bond motifs is 15. The predicted molar refractivity (Wildman–Crippen MR) is 372 cm³/mol. The third-order valence-electron chi connectivity index (χ3n) is 25.0. The van der Waals surface area contributed by atoms with E-state index in [4.69, 9.17) is 43.0 Å². The summed E-state index contributed by atoms with van der Waals surface area (Å²) in [4.78, 5) is 44.6. The normalized spacial score (nSPS) is 40.8. The molecule has 0 aromatic carbocycles. The van der Waals surface area contributed by atoms with Crippen molar-refractivity contribution in [2.75, 3.05) is 0 Å². The summed E-state index contributed by atoms with van der Waals surface area (Å²) in [6.07, 6.45) is 39.7. The molecule has 2 aromatic rings. The van der Waals surface area contributed by atoms with Crippen molar-refractivity contribution in [2.45, 2.75) is 207 Å². The molecule has 12 aliphatic rings. The van der Waals surface area contributed by atoms with Gasteiger partial charge in [-0.05, 0) is 286 Å². The Morgan fingerprint density at radius 2 is 0.976 bits per heavy atom. The number of pyridine rings is 2. The van der Waals surface area contributed by atoms with E-state index in [0.29, 0.717) is 71.2 Å². The van der Waals surface area contributed by atoms with E-state index in [0.717, 1.165) is 75.0 Å². The van der Waals surface area contributed by atoms with E-state index in [-0.39, 0.29) is 58.9 Å². The van der Waals surface area contributed by atoms with Crippen LogP contribution in [0, 0.1) is 117 Å². The Labute approximate surface area is 589 Å². The van der Waals surface area contributed by atoms with Gasteiger partial charge >= 0.3 is 0 Å². The van der Waals surface area contributed by atoms with Crippen molar-refractivity contribution >= 4 is 123 Å². The number of aromatic nitrogens is 2. The van der Waals surface area contributed by atoms with Crippen LogP contribution < -0.4 is 5.46 Å². The predicted octanol–water partition coefficient (Wildman–Crippen LogP) is 19.7. The first-order valence-electron chi connectivity index (χ1n) is 34.9. The average molecular weight is 1660 g/mol. The van der Waals surface area contributed by atoms with Gasteiger partial charge in [-0.3, -0.25) is 24.4 Å². The van der Waals surface area contributed by atoms with E-state index >= 15 is 0 Å². The minimum atomic E-state index is -1.83. The fourth-order valence-electron chi connectivity index (χ4n) is 20.1. The quantitative estimate of drug-likeness (QED) is 0.173. The van der Waals surface area contributed by atoms with Gasteiger partial charge in [-0.2, -0.15) is 0 Å². The van der Waals surface area contributed by atoms with E-state index in [2.05, 4.69) is 149 Å². The number of halogens is 5. The van der Waals surface area contributed by atoms with Crippen molar-refractivity contribution in [3.8, 4) is 0 Å². The molecule has 0 N–H and O–H groups in total. The van der Waals surface area contributed by atoms with Crippen LogP contribution in [-0.4, -0.2) is 48.0 Å². The van der Waals surface area contributed by atoms with E-state index < -0.39 is 17.0 Å². The van der Waals surface area contributed by atoms with Gasteiger partial charge < -0.3 is 0 Å². The van der Waals surface area contributed by atoms with Crippen molar-refractivity contribution in [3.63, 3.8) is 0 Å². The topological polar surface area (TPSA) is 77.0 Å². The summed E-state index contributed by atoms with van der Waals surface area (Å²) in [5.74, 6) is 5.95. The maximum atomic E-state index is 12.2. The average Bonchev–Trinajstić information content (AvgIpc) is 1.72. The van der Waals surface area contributed by atoms with Crippen LogP contribution in [-0.2, 0) is 14.4 Å². The fourth-order valence-corrected chi connectivity index (χ4v) is 21.9. The molecule has 2 heterocycles. The van der Waals surface area contributed by atoms with Crippen molar-refractivity contribution in [3.05, 3.63) is 115 Å². The molecule has 0 amide bonds. The molecule has 2 aromatic heterocycles. The van der Waals surface area contributed by atoms with Gasteiger partial charge in [-0.25, -0.2) is 0 Å². The number of hydrogen-bond donors (Lipinski definition) is 0. The Bertz CT molecular complexity index is 3200. The monoisotopic (exact) mass is 1660 g/mol. The van der Waals surface area contributed by atoms with Gasteiger partial charge in [0, 0.05) is 99.8 Å². The molecule has 13 heteroatoms. The molecule has 14 rings (SSSR count). The number of ketones is 3. The summed E-state index contributed by atoms with van der Waals surface area (Å²) in [6.45, 7) is 19.5. The molecule has 456 valence electrons. The van der Waals surface area contributed by atoms with Gasteiger partial charge in [-0.1, -0.05) is 155 Å². The summed E-state index contributed by atoms with van der Waals surface area (Å²) in [6, 6.07) is 8.37. The van der Waals surface area contributed by atoms with E-state index in [9.17, 15) is 14.4 Å². The number of hydrogen-bond acceptors (Lipinski definition) is 5. The Morgan fingerprint density at radius 3 is 1.40 bits per heavy atom. The van der Waals surface area contributed by atoms with Crippen LogP contribution in [0.4, 0.5) is 0 Å². The van der Waals surface area contributed by atoms with E-state index in [1.54, 1.807) is 19.3 Å². The molecule has 2 radical (unpaired) electrons. The molecule has 15 atom stereocenters. The maximum absolute atomic E-state index is 12.2. The van der Waals surface area contributed by atoms with E-state index in [1.807, 2.05) is 43.0 Å². The van der Waals surface area contributed by atoms with Gasteiger partial charge in [0.2, 0.25) is 0 Å². The maximum Gasteiger partial charge on any atom is 0.180 e. The Kier molecular flexibility index (Phi) is 20.8. The second-order valence-electron chi connectivity index (χ2n) is 28.5. The van der Waals surface area contributed by atoms with Crippen LogP contribution >= 0.6 is 80.0 Å². The van der Waals surface area contributed by atoms with Gasteiger partial charge in [0.05, 0.1) is 1.37 Å². The molecule has 6 fully saturated rings. The molecule has 12 aliphatic carbocycles. The number of alkyl halides is 3. The molecule has 0 aliphatic heterocycles. The van der Waals surface area contributed by atoms with Crippen molar-refractivity contribution in [2.24, 2.45) is 85.8 Å². The second-order valence-corrected chi connectivity index (χ2v) is 32.5. The molecular weight excluding hydrogens is 1560 g/mol. The summed E-state index contributed by atoms with van der Waals surface area (Å²) < 4.78 is 45.7. The smallest absolute Gasteiger partial charge is 0.180 e. The molecule has 5 nitrogen and oxygen atoms in total. The Hall–Kier alpha value is -0.738. The molecular formula is C72H95B2Cl3I2N2O3U. The molecule has 0 bridgehead atoms. The van der Waals surface area contributed by atoms with Crippen LogP contribution in [0.25, 0.3) is 5.57 Å². The first-order chi connectivity index (χ1) is 42.3. The standard InChI is InChI=1S/C24H29NO.2C19H25IO.C9H14BN.CHCl3.BH.U/c1-23-11-9-18(26)14-17(23)5-6-19-21-8-7-20(16-4-3-13-25-15-16)24(21,2)12-10-22(19)23;2*1-18-9-7-13(21)11-12(18)3-4-14-15-5-6-17(20)19(15,2)10-8-16(14)18;1-3-10(4-2)9-6-5-7-11-8-9;2-1(3)4;;/h3-4,7,13-15,19,21-22H,5-6,8-12H2,1-2H3;2*6,11,14-16H,3-5,7-10H2,1-2H3;5-8H,3-4H2,1-2H3;1H;1H;/t19?,21?,22?,23-,24+;2*14?,15?,16?,18-,19-;;;;/m000..../s1/i9D2;7D2;;;1D;1T;. The zero-order valence-electron chi connectivity index (χ0n) is 57.8. The van der Waals surface area contributed by atoms with Gasteiger partial charge in [0.15, 0.2) is 28.3 Å². The number of rotatable bonds is 4. The van der Waals surface area contributed by atoms with Crippen LogP contribution in [0.2, 0.25) is 12.6 Å². The minimum absolute atomic E-state index is 0. The fraction of sp³-hybridized carbons (Fsp3) is 0.653. The summed E-state index contributed by atoms with van der Waals surface area (Å²) >= 11 is 19.3. The van der Waals surface area contributed by atoms with Crippen molar-refractivity contribution in [1.29, 1.82) is 1.34 Å². The third kappa shape index (κ3) is 13.6. The Balaban J connectivity index is 0.000000156. The first-order valence-corrected chi connectivity index (χ1v) is 35.1. The third-order valence-corrected chi connectivity index (χ3v) is 28.3. The summed E-state index contributed by atoms with van der Waals surface area (Å²) in [7, 11) is 3.75. The van der Waals surface area contributed by atoms with Crippen molar-refractivity contribution < 1.29 is 52.4 Å². The molecule has 9 unspecified atom stereocenters. The Morgan fingerprint density at radius 1 is 0.576 bits per heavy atom. The SMILES string of the molecule is CCB(CC)c1cccnc1.C[C@]12CCC(=O)C=C1CCC1C2CC[C@]2(C)C(I)=CCC12.[2H]C(Cl)(Cl)Cl.[2H]C1([2H])C[C@@]2(C)C(=CC1=O)CCC1C2CC[C@]2(C)C(I)=CCC12.[2H]C1([2H])C[C@@]2(C)C(=CC1=O)CCC1C2CC[C@]2(C)C(c3cccnc3)=CCC12.[3H][B].[U]. The molecule has 0 spiro atoms. The van der Waals surface area contributed by atoms with Crippen LogP contribution in [0.3, 0.4) is 0 Å². The van der Waals surface area contributed by atoms with Crippen LogP contribution in [0.5, 0.6) is 0 Å². The van der Waals surface area contributed by atoms with Gasteiger partial charge in [-0.15, -0.1) is 0 Å². The molecule has 85 heavy (non-hydrogen) atoms. The number of carbonyl (C=O) groups is 3. The molecule has 6 saturated carbocycles.